The number of aliphatic hydroxyl groups is 1. The molecule has 1 aromatic rings. The molecule has 2 rings (SSSR count). The molecular formula is C14H18BrFN2O2. The van der Waals surface area contributed by atoms with Crippen molar-refractivity contribution in [1.29, 1.82) is 0 Å². The highest BCUT2D eigenvalue weighted by Crippen LogP contribution is 2.29. The summed E-state index contributed by atoms with van der Waals surface area (Å²) in [7, 11) is 0. The first-order chi connectivity index (χ1) is 9.58. The number of hydrogen-bond acceptors (Lipinski definition) is 2. The molecule has 0 spiro atoms. The number of aliphatic hydroxyl groups excluding tert-OH is 1. The predicted octanol–water partition coefficient (Wildman–Crippen LogP) is 2.55. The lowest BCUT2D eigenvalue weighted by atomic mass is 9.78. The normalized spacial score (nSPS) is 21.1. The summed E-state index contributed by atoms with van der Waals surface area (Å²) < 4.78 is 14.3. The molecule has 1 fully saturated rings. The van der Waals surface area contributed by atoms with E-state index in [0.29, 0.717) is 11.5 Å². The fourth-order valence-corrected chi connectivity index (χ4v) is 2.77. The average molecular weight is 345 g/mol. The van der Waals surface area contributed by atoms with Crippen LogP contribution in [0.5, 0.6) is 0 Å². The number of halogens is 2. The van der Waals surface area contributed by atoms with Crippen LogP contribution in [0, 0.1) is 11.7 Å². The maximum absolute atomic E-state index is 13.5. The van der Waals surface area contributed by atoms with E-state index in [0.717, 1.165) is 23.7 Å². The number of amides is 2. The van der Waals surface area contributed by atoms with Crippen molar-refractivity contribution in [3.05, 3.63) is 34.1 Å². The van der Waals surface area contributed by atoms with Crippen LogP contribution in [-0.4, -0.2) is 23.8 Å². The van der Waals surface area contributed by atoms with Gasteiger partial charge in [-0.2, -0.15) is 0 Å². The molecule has 1 aliphatic rings. The Bertz CT molecular complexity index is 478. The van der Waals surface area contributed by atoms with Gasteiger partial charge >= 0.3 is 6.03 Å². The molecule has 2 amide bonds. The summed E-state index contributed by atoms with van der Waals surface area (Å²) in [6.07, 6.45) is 2.60. The van der Waals surface area contributed by atoms with E-state index in [-0.39, 0.29) is 31.0 Å². The van der Waals surface area contributed by atoms with Crippen LogP contribution < -0.4 is 10.6 Å². The SMILES string of the molecule is O=C(NCc1cc(Br)ccc1F)NC1CC(CCO)C1. The summed E-state index contributed by atoms with van der Waals surface area (Å²) in [6, 6.07) is 4.52. The maximum Gasteiger partial charge on any atom is 0.315 e. The van der Waals surface area contributed by atoms with Crippen molar-refractivity contribution in [2.24, 2.45) is 5.92 Å². The number of hydrogen-bond donors (Lipinski definition) is 3. The first kappa shape index (κ1) is 15.3. The van der Waals surface area contributed by atoms with Crippen LogP contribution in [0.25, 0.3) is 0 Å². The third-order valence-corrected chi connectivity index (χ3v) is 4.05. The van der Waals surface area contributed by atoms with Gasteiger partial charge in [0.05, 0.1) is 0 Å². The number of rotatable bonds is 5. The van der Waals surface area contributed by atoms with Gasteiger partial charge in [0.2, 0.25) is 0 Å². The Morgan fingerprint density at radius 2 is 2.20 bits per heavy atom. The molecule has 0 aliphatic heterocycles. The molecule has 0 atom stereocenters. The summed E-state index contributed by atoms with van der Waals surface area (Å²) in [6.45, 7) is 0.357. The minimum atomic E-state index is -0.333. The molecule has 0 bridgehead atoms. The van der Waals surface area contributed by atoms with E-state index in [9.17, 15) is 9.18 Å². The highest BCUT2D eigenvalue weighted by molar-refractivity contribution is 9.10. The predicted molar refractivity (Wildman–Crippen MR) is 77.7 cm³/mol. The summed E-state index contributed by atoms with van der Waals surface area (Å²) in [5.41, 5.74) is 0.446. The van der Waals surface area contributed by atoms with Gasteiger partial charge in [-0.1, -0.05) is 15.9 Å². The zero-order valence-electron chi connectivity index (χ0n) is 11.0. The zero-order chi connectivity index (χ0) is 14.5. The van der Waals surface area contributed by atoms with Crippen LogP contribution >= 0.6 is 15.9 Å². The standard InChI is InChI=1S/C14H18BrFN2O2/c15-11-1-2-13(16)10(7-11)8-17-14(20)18-12-5-9(6-12)3-4-19/h1-2,7,9,12,19H,3-6,8H2,(H2,17,18,20). The average Bonchev–Trinajstić information content (AvgIpc) is 2.37. The van der Waals surface area contributed by atoms with Gasteiger partial charge in [0, 0.05) is 29.2 Å². The van der Waals surface area contributed by atoms with Gasteiger partial charge in [0.1, 0.15) is 5.82 Å². The van der Waals surface area contributed by atoms with Gasteiger partial charge in [0.15, 0.2) is 0 Å². The Hall–Kier alpha value is -1.14. The Labute approximate surface area is 125 Å². The Balaban J connectivity index is 1.72. The van der Waals surface area contributed by atoms with E-state index in [2.05, 4.69) is 26.6 Å². The van der Waals surface area contributed by atoms with Crippen molar-refractivity contribution in [1.82, 2.24) is 10.6 Å². The second-order valence-electron chi connectivity index (χ2n) is 5.11. The lowest BCUT2D eigenvalue weighted by Gasteiger charge is -2.35. The van der Waals surface area contributed by atoms with Crippen molar-refractivity contribution in [3.8, 4) is 0 Å². The van der Waals surface area contributed by atoms with Crippen LogP contribution in [0.4, 0.5) is 9.18 Å². The lowest BCUT2D eigenvalue weighted by molar-refractivity contribution is 0.166. The molecule has 1 saturated carbocycles. The Morgan fingerprint density at radius 3 is 2.90 bits per heavy atom. The summed E-state index contributed by atoms with van der Waals surface area (Å²) >= 11 is 3.27. The first-order valence-corrected chi connectivity index (χ1v) is 7.47. The smallest absolute Gasteiger partial charge is 0.315 e. The molecule has 0 unspecified atom stereocenters. The number of carbonyl (C=O) groups excluding carboxylic acids is 1. The first-order valence-electron chi connectivity index (χ1n) is 6.67. The van der Waals surface area contributed by atoms with E-state index in [1.807, 2.05) is 0 Å². The van der Waals surface area contributed by atoms with Crippen LogP contribution in [0.1, 0.15) is 24.8 Å². The maximum atomic E-state index is 13.5. The monoisotopic (exact) mass is 344 g/mol. The molecule has 1 aliphatic carbocycles. The van der Waals surface area contributed by atoms with E-state index in [1.54, 1.807) is 12.1 Å². The van der Waals surface area contributed by atoms with Gasteiger partial charge in [-0.25, -0.2) is 9.18 Å². The molecule has 0 saturated heterocycles. The largest absolute Gasteiger partial charge is 0.396 e. The third-order valence-electron chi connectivity index (χ3n) is 3.56. The van der Waals surface area contributed by atoms with Gasteiger partial charge in [-0.3, -0.25) is 0 Å². The Morgan fingerprint density at radius 1 is 1.45 bits per heavy atom. The van der Waals surface area contributed by atoms with E-state index in [1.165, 1.54) is 6.07 Å². The lowest BCUT2D eigenvalue weighted by Crippen LogP contribution is -2.48. The van der Waals surface area contributed by atoms with E-state index in [4.69, 9.17) is 5.11 Å². The highest BCUT2D eigenvalue weighted by atomic mass is 79.9. The highest BCUT2D eigenvalue weighted by Gasteiger charge is 2.29. The van der Waals surface area contributed by atoms with Crippen LogP contribution in [0.2, 0.25) is 0 Å². The number of carbonyl (C=O) groups is 1. The molecule has 0 radical (unpaired) electrons. The van der Waals surface area contributed by atoms with Crippen LogP contribution in [0.3, 0.4) is 0 Å². The van der Waals surface area contributed by atoms with Gasteiger partial charge in [0.25, 0.3) is 0 Å². The van der Waals surface area contributed by atoms with Crippen molar-refractivity contribution in [2.45, 2.75) is 31.8 Å². The molecular weight excluding hydrogens is 327 g/mol. The molecule has 4 nitrogen and oxygen atoms in total. The molecule has 0 heterocycles. The second-order valence-corrected chi connectivity index (χ2v) is 6.03. The summed E-state index contributed by atoms with van der Waals surface area (Å²) in [4.78, 5) is 11.7. The minimum absolute atomic E-state index is 0.157. The number of benzene rings is 1. The van der Waals surface area contributed by atoms with Crippen molar-refractivity contribution < 1.29 is 14.3 Å². The van der Waals surface area contributed by atoms with E-state index >= 15 is 0 Å². The van der Waals surface area contributed by atoms with Crippen molar-refractivity contribution in [3.63, 3.8) is 0 Å². The fraction of sp³-hybridized carbons (Fsp3) is 0.500. The minimum Gasteiger partial charge on any atom is -0.396 e. The molecule has 20 heavy (non-hydrogen) atoms. The van der Waals surface area contributed by atoms with Crippen LogP contribution in [-0.2, 0) is 6.54 Å². The number of urea groups is 1. The van der Waals surface area contributed by atoms with Crippen LogP contribution in [0.15, 0.2) is 22.7 Å². The topological polar surface area (TPSA) is 61.4 Å². The molecule has 110 valence electrons. The summed E-state index contributed by atoms with van der Waals surface area (Å²) in [5, 5.41) is 14.3. The number of nitrogens with one attached hydrogen (secondary N) is 2. The molecule has 1 aromatic carbocycles. The van der Waals surface area contributed by atoms with Gasteiger partial charge < -0.3 is 15.7 Å². The fourth-order valence-electron chi connectivity index (χ4n) is 2.36. The van der Waals surface area contributed by atoms with Crippen molar-refractivity contribution in [2.75, 3.05) is 6.61 Å². The van der Waals surface area contributed by atoms with Gasteiger partial charge in [-0.05, 0) is 43.4 Å². The second kappa shape index (κ2) is 7.04. The zero-order valence-corrected chi connectivity index (χ0v) is 12.6. The molecule has 3 N–H and O–H groups in total. The molecule has 6 heteroatoms. The van der Waals surface area contributed by atoms with Crippen molar-refractivity contribution >= 4 is 22.0 Å². The Kier molecular flexibility index (Phi) is 5.37. The van der Waals surface area contributed by atoms with E-state index < -0.39 is 0 Å². The van der Waals surface area contributed by atoms with Gasteiger partial charge in [-0.15, -0.1) is 0 Å². The quantitative estimate of drug-likeness (QED) is 0.768. The molecule has 0 aromatic heterocycles. The summed E-state index contributed by atoms with van der Waals surface area (Å²) in [5.74, 6) is 0.174. The third kappa shape index (κ3) is 4.18.